The van der Waals surface area contributed by atoms with E-state index in [-0.39, 0.29) is 5.56 Å². The van der Waals surface area contributed by atoms with E-state index < -0.39 is 17.6 Å². The zero-order valence-corrected chi connectivity index (χ0v) is 17.2. The molecule has 0 aliphatic rings. The van der Waals surface area contributed by atoms with Crippen LogP contribution in [0, 0.1) is 24.7 Å². The van der Waals surface area contributed by atoms with Crippen molar-refractivity contribution in [3.05, 3.63) is 71.0 Å². The maximum absolute atomic E-state index is 14.9. The van der Waals surface area contributed by atoms with E-state index in [9.17, 15) is 4.39 Å². The van der Waals surface area contributed by atoms with Crippen LogP contribution in [0.25, 0.3) is 38.0 Å². The summed E-state index contributed by atoms with van der Waals surface area (Å²) in [6.45, 7) is 14.5. The second-order valence-corrected chi connectivity index (χ2v) is 8.43. The van der Waals surface area contributed by atoms with Crippen LogP contribution in [-0.2, 0) is 13.4 Å². The minimum atomic E-state index is -1.87. The maximum Gasteiger partial charge on any atom is 0.216 e. The van der Waals surface area contributed by atoms with Crippen LogP contribution in [0.5, 0.6) is 0 Å². The molecule has 0 amide bonds. The quantitative estimate of drug-likeness (QED) is 0.277. The molecule has 0 radical (unpaired) electrons. The van der Waals surface area contributed by atoms with Gasteiger partial charge < -0.3 is 4.42 Å². The van der Waals surface area contributed by atoms with Gasteiger partial charge in [-0.2, -0.15) is 4.57 Å². The Morgan fingerprint density at radius 2 is 1.90 bits per heavy atom. The van der Waals surface area contributed by atoms with Gasteiger partial charge in [-0.1, -0.05) is 45.0 Å². The van der Waals surface area contributed by atoms with Gasteiger partial charge in [0.1, 0.15) is 18.2 Å². The number of furan rings is 1. The molecule has 2 aromatic heterocycles. The Morgan fingerprint density at radius 3 is 2.59 bits per heavy atom. The normalized spacial score (nSPS) is 13.4. The van der Waals surface area contributed by atoms with E-state index in [1.807, 2.05) is 25.1 Å². The number of nitrogens with zero attached hydrogens (tertiary/aromatic N) is 2. The predicted molar refractivity (Wildman–Crippen MR) is 114 cm³/mol. The molecule has 146 valence electrons. The largest absolute Gasteiger partial charge is 0.456 e. The lowest BCUT2D eigenvalue weighted by Gasteiger charge is -2.18. The van der Waals surface area contributed by atoms with E-state index in [2.05, 4.69) is 4.85 Å². The van der Waals surface area contributed by atoms with Crippen LogP contribution in [0.15, 0.2) is 47.0 Å². The summed E-state index contributed by atoms with van der Waals surface area (Å²) in [6, 6.07) is 10.9. The Kier molecular flexibility index (Phi) is 3.87. The number of aryl methyl sites for hydroxylation is 2. The zero-order valence-electron chi connectivity index (χ0n) is 19.2. The van der Waals surface area contributed by atoms with Crippen LogP contribution in [0.1, 0.15) is 34.6 Å². The number of hydrogen-bond acceptors (Lipinski definition) is 1. The van der Waals surface area contributed by atoms with E-state index in [0.717, 1.165) is 21.9 Å². The molecule has 0 spiro atoms. The second-order valence-electron chi connectivity index (χ2n) is 8.43. The Morgan fingerprint density at radius 1 is 1.17 bits per heavy atom. The Hall–Kier alpha value is -3.19. The van der Waals surface area contributed by atoms with Crippen molar-refractivity contribution < 1.29 is 16.1 Å². The van der Waals surface area contributed by atoms with Gasteiger partial charge in [0.15, 0.2) is 11.5 Å². The van der Waals surface area contributed by atoms with Crippen LogP contribution >= 0.6 is 0 Å². The van der Waals surface area contributed by atoms with Gasteiger partial charge in [0.25, 0.3) is 0 Å². The van der Waals surface area contributed by atoms with Crippen molar-refractivity contribution in [2.75, 3.05) is 0 Å². The lowest BCUT2D eigenvalue weighted by Crippen LogP contribution is -2.32. The first-order chi connectivity index (χ1) is 14.5. The molecule has 0 saturated heterocycles. The van der Waals surface area contributed by atoms with E-state index in [4.69, 9.17) is 13.7 Å². The summed E-state index contributed by atoms with van der Waals surface area (Å²) in [6.07, 6.45) is -0.549. The molecule has 0 aliphatic carbocycles. The molecule has 0 N–H and O–H groups in total. The molecule has 3 nitrogen and oxygen atoms in total. The molecule has 0 bridgehead atoms. The third kappa shape index (κ3) is 3.38. The smallest absolute Gasteiger partial charge is 0.216 e. The summed E-state index contributed by atoms with van der Waals surface area (Å²) in [7, 11) is 1.74. The average Bonchev–Trinajstić information content (AvgIpc) is 3.05. The lowest BCUT2D eigenvalue weighted by molar-refractivity contribution is -0.662. The third-order valence-electron chi connectivity index (χ3n) is 4.95. The highest BCUT2D eigenvalue weighted by Gasteiger charge is 2.24. The first kappa shape index (κ1) is 16.7. The summed E-state index contributed by atoms with van der Waals surface area (Å²) in [5.41, 5.74) is 3.37. The van der Waals surface area contributed by atoms with Gasteiger partial charge in [0.2, 0.25) is 11.9 Å². The van der Waals surface area contributed by atoms with Crippen molar-refractivity contribution in [2.24, 2.45) is 12.5 Å². The van der Waals surface area contributed by atoms with Crippen molar-refractivity contribution in [3.8, 4) is 11.3 Å². The van der Waals surface area contributed by atoms with Crippen molar-refractivity contribution in [3.63, 3.8) is 0 Å². The Bertz CT molecular complexity index is 1390. The van der Waals surface area contributed by atoms with Gasteiger partial charge in [-0.05, 0) is 30.3 Å². The van der Waals surface area contributed by atoms with Crippen molar-refractivity contribution in [2.45, 2.75) is 34.1 Å². The summed E-state index contributed by atoms with van der Waals surface area (Å²) >= 11 is 0. The lowest BCUT2D eigenvalue weighted by atomic mass is 9.87. The fraction of sp³-hybridized carbons (Fsp3) is 0.280. The molecule has 4 aromatic rings. The molecular formula is C25H24FN2O+. The topological polar surface area (TPSA) is 21.4 Å². The molecule has 4 heteroatoms. The number of benzene rings is 2. The molecule has 0 fully saturated rings. The summed E-state index contributed by atoms with van der Waals surface area (Å²) in [5, 5.41) is 1.80. The minimum Gasteiger partial charge on any atom is -0.456 e. The van der Waals surface area contributed by atoms with Crippen LogP contribution in [0.4, 0.5) is 10.1 Å². The van der Waals surface area contributed by atoms with E-state index in [0.29, 0.717) is 22.5 Å². The van der Waals surface area contributed by atoms with Crippen LogP contribution < -0.4 is 4.57 Å². The Labute approximate surface area is 173 Å². The van der Waals surface area contributed by atoms with Gasteiger partial charge in [0.05, 0.1) is 12.1 Å². The standard InChI is InChI=1S/C25H24FN2O/c1-15-7-9-19-18-10-8-17(27-5)12-22(18)29-24(19)23(15)21-11-16(13-25(2,3)4)20(26)14-28(21)6/h7-12,14H,13H2,1-4,6H3/q+1/i13D2. The fourth-order valence-corrected chi connectivity index (χ4v) is 3.68. The molecule has 29 heavy (non-hydrogen) atoms. The highest BCUT2D eigenvalue weighted by molar-refractivity contribution is 6.10. The number of halogens is 1. The van der Waals surface area contributed by atoms with Gasteiger partial charge in [-0.25, -0.2) is 9.24 Å². The van der Waals surface area contributed by atoms with Gasteiger partial charge in [0, 0.05) is 25.1 Å². The zero-order chi connectivity index (χ0) is 22.7. The Balaban J connectivity index is 2.06. The summed E-state index contributed by atoms with van der Waals surface area (Å²) in [4.78, 5) is 3.48. The van der Waals surface area contributed by atoms with Gasteiger partial charge in [-0.15, -0.1) is 0 Å². The molecule has 2 aromatic carbocycles. The molecule has 2 heterocycles. The van der Waals surface area contributed by atoms with Gasteiger partial charge in [-0.3, -0.25) is 0 Å². The van der Waals surface area contributed by atoms with Crippen molar-refractivity contribution >= 4 is 27.6 Å². The van der Waals surface area contributed by atoms with E-state index in [1.165, 1.54) is 6.20 Å². The highest BCUT2D eigenvalue weighted by atomic mass is 19.1. The summed E-state index contributed by atoms with van der Waals surface area (Å²) in [5.74, 6) is -0.581. The van der Waals surface area contributed by atoms with Crippen LogP contribution in [-0.4, -0.2) is 0 Å². The first-order valence-corrected chi connectivity index (χ1v) is 9.49. The fourth-order valence-electron chi connectivity index (χ4n) is 3.68. The van der Waals surface area contributed by atoms with E-state index in [1.54, 1.807) is 50.6 Å². The highest BCUT2D eigenvalue weighted by Crippen LogP contribution is 2.38. The molecule has 0 saturated carbocycles. The number of pyridine rings is 1. The van der Waals surface area contributed by atoms with Crippen LogP contribution in [0.2, 0.25) is 0 Å². The maximum atomic E-state index is 14.9. The number of hydrogen-bond donors (Lipinski definition) is 0. The monoisotopic (exact) mass is 389 g/mol. The average molecular weight is 389 g/mol. The summed E-state index contributed by atoms with van der Waals surface area (Å²) < 4.78 is 40.0. The number of fused-ring (bicyclic) bond motifs is 3. The second kappa shape index (κ2) is 6.70. The van der Waals surface area contributed by atoms with Crippen LogP contribution in [0.3, 0.4) is 0 Å². The third-order valence-corrected chi connectivity index (χ3v) is 4.95. The molecular weight excluding hydrogens is 363 g/mol. The van der Waals surface area contributed by atoms with Crippen molar-refractivity contribution in [1.82, 2.24) is 0 Å². The predicted octanol–water partition coefficient (Wildman–Crippen LogP) is 6.66. The minimum absolute atomic E-state index is 0.0240. The number of aromatic nitrogens is 1. The molecule has 0 unspecified atom stereocenters. The number of rotatable bonds is 2. The SMILES string of the molecule is [2H]C([2H])(c1cc(-c2c(C)ccc3c2oc2cc([N+]#[C-])ccc23)[n+](C)cc1F)C(C)(C)C. The molecule has 4 rings (SSSR count). The van der Waals surface area contributed by atoms with Gasteiger partial charge >= 0.3 is 0 Å². The first-order valence-electron chi connectivity index (χ1n) is 10.5. The van der Waals surface area contributed by atoms with E-state index >= 15 is 0 Å². The van der Waals surface area contributed by atoms with Crippen molar-refractivity contribution in [1.29, 1.82) is 0 Å². The molecule has 0 atom stereocenters. The molecule has 0 aliphatic heterocycles.